The smallest absolute Gasteiger partial charge is 0.228 e. The number of methoxy groups -OCH3 is 2. The fraction of sp³-hybridized carbons (Fsp3) is 0.156. The van der Waals surface area contributed by atoms with Crippen molar-refractivity contribution in [2.45, 2.75) is 5.92 Å². The van der Waals surface area contributed by atoms with Gasteiger partial charge >= 0.3 is 0 Å². The number of fused-ring (bicyclic) bond motifs is 6. The molecule has 0 amide bonds. The Morgan fingerprint density at radius 3 is 2.45 bits per heavy atom. The zero-order valence-corrected chi connectivity index (χ0v) is 22.6. The first-order valence-corrected chi connectivity index (χ1v) is 13.0. The van der Waals surface area contributed by atoms with Crippen LogP contribution >= 0.6 is 0 Å². The van der Waals surface area contributed by atoms with Gasteiger partial charge in [-0.2, -0.15) is 0 Å². The van der Waals surface area contributed by atoms with Crippen molar-refractivity contribution in [3.8, 4) is 34.5 Å². The molecular weight excluding hydrogens is 502 g/mol. The summed E-state index contributed by atoms with van der Waals surface area (Å²) in [5, 5.41) is 6.92. The number of aromatic nitrogens is 4. The Bertz CT molecular complexity index is 1900. The van der Waals surface area contributed by atoms with Crippen LogP contribution in [-0.4, -0.2) is 47.9 Å². The van der Waals surface area contributed by atoms with Crippen molar-refractivity contribution in [3.05, 3.63) is 102 Å². The molecule has 0 spiro atoms. The summed E-state index contributed by atoms with van der Waals surface area (Å²) in [7, 11) is 7.32. The van der Waals surface area contributed by atoms with Crippen LogP contribution in [0.1, 0.15) is 22.6 Å². The molecule has 0 fully saturated rings. The predicted octanol–water partition coefficient (Wildman–Crippen LogP) is 6.31. The van der Waals surface area contributed by atoms with E-state index in [-0.39, 0.29) is 5.92 Å². The van der Waals surface area contributed by atoms with Crippen molar-refractivity contribution >= 4 is 22.1 Å². The van der Waals surface area contributed by atoms with Crippen LogP contribution in [0.5, 0.6) is 23.1 Å². The van der Waals surface area contributed by atoms with Crippen LogP contribution in [0, 0.1) is 0 Å². The molecule has 0 N–H and O–H groups in total. The number of nitrogens with zero attached hydrogens (tertiary/aromatic N) is 5. The van der Waals surface area contributed by atoms with Crippen LogP contribution in [-0.2, 0) is 0 Å². The van der Waals surface area contributed by atoms with Gasteiger partial charge in [0.25, 0.3) is 0 Å². The number of hydrogen-bond acceptors (Lipinski definition) is 7. The van der Waals surface area contributed by atoms with E-state index in [1.54, 1.807) is 25.1 Å². The molecule has 7 rings (SSSR count). The van der Waals surface area contributed by atoms with Crippen LogP contribution in [0.15, 0.2) is 85.2 Å². The summed E-state index contributed by atoms with van der Waals surface area (Å²) in [6, 6.07) is 26.7. The van der Waals surface area contributed by atoms with E-state index >= 15 is 0 Å². The highest BCUT2D eigenvalue weighted by Crippen LogP contribution is 2.51. The van der Waals surface area contributed by atoms with Crippen molar-refractivity contribution in [3.63, 3.8) is 0 Å². The molecule has 2 aromatic heterocycles. The van der Waals surface area contributed by atoms with Crippen LogP contribution in [0.25, 0.3) is 27.8 Å². The number of benzene rings is 4. The van der Waals surface area contributed by atoms with E-state index in [1.165, 1.54) is 0 Å². The van der Waals surface area contributed by atoms with Crippen LogP contribution < -0.4 is 19.1 Å². The highest BCUT2D eigenvalue weighted by atomic mass is 16.5. The number of ether oxygens (including phenoxy) is 3. The van der Waals surface area contributed by atoms with Gasteiger partial charge < -0.3 is 19.1 Å². The van der Waals surface area contributed by atoms with Crippen LogP contribution in [0.3, 0.4) is 0 Å². The Kier molecular flexibility index (Phi) is 5.55. The molecular formula is C32H27N5O3. The maximum atomic E-state index is 6.56. The van der Waals surface area contributed by atoms with Gasteiger partial charge in [-0.3, -0.25) is 0 Å². The van der Waals surface area contributed by atoms with Gasteiger partial charge in [0.05, 0.1) is 19.8 Å². The van der Waals surface area contributed by atoms with Crippen LogP contribution in [0.4, 0.5) is 5.69 Å². The highest BCUT2D eigenvalue weighted by Gasteiger charge is 2.35. The Labute approximate surface area is 231 Å². The molecule has 8 heteroatoms. The summed E-state index contributed by atoms with van der Waals surface area (Å²) in [5.74, 6) is 3.01. The first kappa shape index (κ1) is 24.0. The highest BCUT2D eigenvalue weighted by molar-refractivity contribution is 5.91. The summed E-state index contributed by atoms with van der Waals surface area (Å²) in [6.07, 6.45) is 1.67. The molecule has 0 bridgehead atoms. The normalized spacial score (nSPS) is 13.9. The van der Waals surface area contributed by atoms with E-state index in [4.69, 9.17) is 29.3 Å². The minimum absolute atomic E-state index is 0.229. The lowest BCUT2D eigenvalue weighted by Crippen LogP contribution is -2.15. The molecule has 40 heavy (non-hydrogen) atoms. The lowest BCUT2D eigenvalue weighted by Gasteiger charge is -2.29. The van der Waals surface area contributed by atoms with Gasteiger partial charge in [0.1, 0.15) is 12.1 Å². The monoisotopic (exact) mass is 529 g/mol. The summed E-state index contributed by atoms with van der Waals surface area (Å²) in [6.45, 7) is 0. The fourth-order valence-electron chi connectivity index (χ4n) is 5.46. The fourth-order valence-corrected chi connectivity index (χ4v) is 5.46. The third kappa shape index (κ3) is 3.71. The van der Waals surface area contributed by atoms with E-state index in [9.17, 15) is 0 Å². The molecule has 1 aliphatic rings. The van der Waals surface area contributed by atoms with Gasteiger partial charge in [-0.25, -0.2) is 14.5 Å². The molecule has 0 aliphatic carbocycles. The molecule has 0 saturated carbocycles. The topological polar surface area (TPSA) is 74.0 Å². The van der Waals surface area contributed by atoms with Crippen molar-refractivity contribution in [2.75, 3.05) is 33.2 Å². The molecule has 4 aromatic carbocycles. The van der Waals surface area contributed by atoms with Gasteiger partial charge in [0, 0.05) is 42.2 Å². The Hall–Kier alpha value is -5.11. The second-order valence-electron chi connectivity index (χ2n) is 9.96. The standard InChI is InChI=1S/C32H27N5O3/c1-36(2)22-13-9-20(10-14-22)30-34-31-28-27(21-12-16-25(38-3)26(17-21)39-4)24-15-11-19-7-5-6-8-23(19)29(24)40-32(28)33-18-37(31)35-30/h5-18,27H,1-4H3/t27-/m0/s1. The molecule has 198 valence electrons. The molecule has 3 heterocycles. The predicted molar refractivity (Wildman–Crippen MR) is 155 cm³/mol. The minimum atomic E-state index is -0.229. The lowest BCUT2D eigenvalue weighted by molar-refractivity contribution is 0.354. The summed E-state index contributed by atoms with van der Waals surface area (Å²) in [4.78, 5) is 11.8. The van der Waals surface area contributed by atoms with Gasteiger partial charge in [-0.05, 0) is 47.3 Å². The van der Waals surface area contributed by atoms with Crippen molar-refractivity contribution in [2.24, 2.45) is 0 Å². The van der Waals surface area contributed by atoms with E-state index in [0.29, 0.717) is 28.9 Å². The Balaban J connectivity index is 1.46. The Morgan fingerprint density at radius 2 is 1.68 bits per heavy atom. The third-order valence-electron chi connectivity index (χ3n) is 7.48. The second kappa shape index (κ2) is 9.27. The van der Waals surface area contributed by atoms with E-state index in [2.05, 4.69) is 47.4 Å². The average molecular weight is 530 g/mol. The van der Waals surface area contributed by atoms with Crippen molar-refractivity contribution in [1.82, 2.24) is 19.6 Å². The van der Waals surface area contributed by atoms with E-state index < -0.39 is 0 Å². The average Bonchev–Trinajstić information content (AvgIpc) is 3.44. The number of hydrogen-bond donors (Lipinski definition) is 0. The molecule has 1 atom stereocenters. The summed E-state index contributed by atoms with van der Waals surface area (Å²) >= 11 is 0. The second-order valence-corrected chi connectivity index (χ2v) is 9.96. The first-order chi connectivity index (χ1) is 19.6. The van der Waals surface area contributed by atoms with Gasteiger partial charge in [-0.15, -0.1) is 5.10 Å². The third-order valence-corrected chi connectivity index (χ3v) is 7.48. The molecule has 0 unspecified atom stereocenters. The Morgan fingerprint density at radius 1 is 0.875 bits per heavy atom. The van der Waals surface area contributed by atoms with Gasteiger partial charge in [0.2, 0.25) is 5.88 Å². The largest absolute Gasteiger partial charge is 0.493 e. The van der Waals surface area contributed by atoms with Crippen LogP contribution in [0.2, 0.25) is 0 Å². The molecule has 0 radical (unpaired) electrons. The van der Waals surface area contributed by atoms with Gasteiger partial charge in [-0.1, -0.05) is 42.5 Å². The summed E-state index contributed by atoms with van der Waals surface area (Å²) in [5.41, 5.74) is 5.60. The minimum Gasteiger partial charge on any atom is -0.493 e. The van der Waals surface area contributed by atoms with E-state index in [0.717, 1.165) is 44.5 Å². The van der Waals surface area contributed by atoms with E-state index in [1.807, 2.05) is 50.5 Å². The molecule has 1 aliphatic heterocycles. The lowest BCUT2D eigenvalue weighted by atomic mass is 9.82. The zero-order valence-electron chi connectivity index (χ0n) is 22.6. The van der Waals surface area contributed by atoms with Crippen molar-refractivity contribution in [1.29, 1.82) is 0 Å². The van der Waals surface area contributed by atoms with Gasteiger partial charge in [0.15, 0.2) is 23.0 Å². The quantitative estimate of drug-likeness (QED) is 0.259. The summed E-state index contributed by atoms with van der Waals surface area (Å²) < 4.78 is 19.5. The number of rotatable bonds is 5. The maximum absolute atomic E-state index is 6.56. The molecule has 0 saturated heterocycles. The first-order valence-electron chi connectivity index (χ1n) is 13.0. The number of anilines is 1. The maximum Gasteiger partial charge on any atom is 0.228 e. The van der Waals surface area contributed by atoms with Crippen molar-refractivity contribution < 1.29 is 14.2 Å². The zero-order chi connectivity index (χ0) is 27.4. The molecule has 6 aromatic rings. The SMILES string of the molecule is COc1ccc([C@H]2c3ccc4ccccc4c3Oc3ncn4nc(-c5ccc(N(C)C)cc5)nc4c32)cc1OC. The molecule has 8 nitrogen and oxygen atoms in total.